The molecule has 0 atom stereocenters. The highest BCUT2D eigenvalue weighted by Crippen LogP contribution is 2.13. The first-order chi connectivity index (χ1) is 11.6. The van der Waals surface area contributed by atoms with Gasteiger partial charge in [-0.05, 0) is 43.9 Å². The summed E-state index contributed by atoms with van der Waals surface area (Å²) in [6, 6.07) is 10.0. The fourth-order valence-electron chi connectivity index (χ4n) is 2.76. The predicted molar refractivity (Wildman–Crippen MR) is 96.2 cm³/mol. The van der Waals surface area contributed by atoms with E-state index in [9.17, 15) is 4.79 Å². The smallest absolute Gasteiger partial charge is 0.253 e. The number of aryl methyl sites for hydroxylation is 3. The first kappa shape index (κ1) is 18.2. The normalized spacial score (nSPS) is 10.8. The SMILES string of the molecule is Cc1cc(CCCCCCCc2ccc(C(=O)N(C)C)cc2)on1. The van der Waals surface area contributed by atoms with Crippen molar-refractivity contribution in [2.24, 2.45) is 0 Å². The Bertz CT molecular complexity index is 629. The summed E-state index contributed by atoms with van der Waals surface area (Å²) >= 11 is 0. The van der Waals surface area contributed by atoms with Gasteiger partial charge in [-0.25, -0.2) is 0 Å². The van der Waals surface area contributed by atoms with E-state index in [0.29, 0.717) is 0 Å². The van der Waals surface area contributed by atoms with Crippen molar-refractivity contribution < 1.29 is 9.32 Å². The van der Waals surface area contributed by atoms with Crippen LogP contribution >= 0.6 is 0 Å². The molecule has 1 aromatic heterocycles. The average Bonchev–Trinajstić information content (AvgIpc) is 2.99. The number of carbonyl (C=O) groups is 1. The molecule has 2 rings (SSSR count). The minimum absolute atomic E-state index is 0.0588. The lowest BCUT2D eigenvalue weighted by Gasteiger charge is -2.10. The number of benzene rings is 1. The fourth-order valence-corrected chi connectivity index (χ4v) is 2.76. The van der Waals surface area contributed by atoms with Crippen LogP contribution in [0.15, 0.2) is 34.9 Å². The van der Waals surface area contributed by atoms with Gasteiger partial charge < -0.3 is 9.42 Å². The highest BCUT2D eigenvalue weighted by Gasteiger charge is 2.07. The highest BCUT2D eigenvalue weighted by molar-refractivity contribution is 5.93. The zero-order valence-electron chi connectivity index (χ0n) is 15.0. The van der Waals surface area contributed by atoms with Crippen molar-refractivity contribution in [2.45, 2.75) is 51.9 Å². The molecule has 0 N–H and O–H groups in total. The van der Waals surface area contributed by atoms with E-state index in [4.69, 9.17) is 4.52 Å². The Morgan fingerprint density at radius 3 is 2.21 bits per heavy atom. The molecule has 0 spiro atoms. The van der Waals surface area contributed by atoms with Crippen LogP contribution in [0.25, 0.3) is 0 Å². The first-order valence-electron chi connectivity index (χ1n) is 8.79. The molecule has 1 heterocycles. The molecule has 0 bridgehead atoms. The summed E-state index contributed by atoms with van der Waals surface area (Å²) in [5.41, 5.74) is 3.03. The molecule has 0 aliphatic rings. The Morgan fingerprint density at radius 2 is 1.62 bits per heavy atom. The predicted octanol–water partition coefficient (Wildman–Crippen LogP) is 4.42. The zero-order valence-corrected chi connectivity index (χ0v) is 15.0. The van der Waals surface area contributed by atoms with Crippen molar-refractivity contribution in [2.75, 3.05) is 14.1 Å². The minimum atomic E-state index is 0.0588. The van der Waals surface area contributed by atoms with Gasteiger partial charge in [0, 0.05) is 32.1 Å². The van der Waals surface area contributed by atoms with E-state index in [1.165, 1.54) is 31.2 Å². The lowest BCUT2D eigenvalue weighted by molar-refractivity contribution is 0.0827. The number of aromatic nitrogens is 1. The van der Waals surface area contributed by atoms with Crippen molar-refractivity contribution in [3.8, 4) is 0 Å². The van der Waals surface area contributed by atoms with Gasteiger partial charge in [0.2, 0.25) is 0 Å². The molecular weight excluding hydrogens is 300 g/mol. The van der Waals surface area contributed by atoms with Crippen molar-refractivity contribution in [1.82, 2.24) is 10.1 Å². The second kappa shape index (κ2) is 9.26. The van der Waals surface area contributed by atoms with Gasteiger partial charge >= 0.3 is 0 Å². The Morgan fingerprint density at radius 1 is 1.00 bits per heavy atom. The van der Waals surface area contributed by atoms with E-state index in [0.717, 1.165) is 36.3 Å². The summed E-state index contributed by atoms with van der Waals surface area (Å²) in [5.74, 6) is 1.06. The van der Waals surface area contributed by atoms with E-state index in [1.807, 2.05) is 25.1 Å². The minimum Gasteiger partial charge on any atom is -0.361 e. The molecule has 0 aliphatic heterocycles. The molecule has 4 heteroatoms. The van der Waals surface area contributed by atoms with Gasteiger partial charge in [0.15, 0.2) is 0 Å². The molecule has 0 saturated heterocycles. The van der Waals surface area contributed by atoms with Crippen LogP contribution in [0.1, 0.15) is 59.5 Å². The summed E-state index contributed by atoms with van der Waals surface area (Å²) in [6.45, 7) is 1.95. The van der Waals surface area contributed by atoms with Crippen LogP contribution in [0, 0.1) is 6.92 Å². The lowest BCUT2D eigenvalue weighted by atomic mass is 10.0. The third-order valence-corrected chi connectivity index (χ3v) is 4.17. The maximum absolute atomic E-state index is 11.8. The average molecular weight is 328 g/mol. The van der Waals surface area contributed by atoms with Crippen molar-refractivity contribution in [3.63, 3.8) is 0 Å². The summed E-state index contributed by atoms with van der Waals surface area (Å²) in [6.07, 6.45) is 8.16. The standard InChI is InChI=1S/C20H28N2O2/c1-16-15-19(24-21-16)10-8-6-4-5-7-9-17-11-13-18(14-12-17)20(23)22(2)3/h11-15H,4-10H2,1-3H3. The Balaban J connectivity index is 1.58. The monoisotopic (exact) mass is 328 g/mol. The van der Waals surface area contributed by atoms with Crippen LogP contribution in [0.2, 0.25) is 0 Å². The molecule has 0 aliphatic carbocycles. The number of unbranched alkanes of at least 4 members (excludes halogenated alkanes) is 4. The summed E-state index contributed by atoms with van der Waals surface area (Å²) in [7, 11) is 3.56. The molecule has 0 unspecified atom stereocenters. The van der Waals surface area contributed by atoms with E-state index < -0.39 is 0 Å². The number of rotatable bonds is 9. The van der Waals surface area contributed by atoms with E-state index in [-0.39, 0.29) is 5.91 Å². The molecule has 2 aromatic rings. The van der Waals surface area contributed by atoms with Crippen LogP contribution in [-0.4, -0.2) is 30.1 Å². The second-order valence-electron chi connectivity index (χ2n) is 6.60. The number of carbonyl (C=O) groups excluding carboxylic acids is 1. The van der Waals surface area contributed by atoms with Crippen molar-refractivity contribution >= 4 is 5.91 Å². The topological polar surface area (TPSA) is 46.3 Å². The first-order valence-corrected chi connectivity index (χ1v) is 8.79. The molecule has 24 heavy (non-hydrogen) atoms. The quantitative estimate of drug-likeness (QED) is 0.640. The Hall–Kier alpha value is -2.10. The van der Waals surface area contributed by atoms with Gasteiger partial charge in [-0.2, -0.15) is 0 Å². The maximum Gasteiger partial charge on any atom is 0.253 e. The summed E-state index contributed by atoms with van der Waals surface area (Å²) in [5, 5.41) is 3.91. The number of hydrogen-bond acceptors (Lipinski definition) is 3. The molecule has 4 nitrogen and oxygen atoms in total. The second-order valence-corrected chi connectivity index (χ2v) is 6.60. The third-order valence-electron chi connectivity index (χ3n) is 4.17. The van der Waals surface area contributed by atoms with Gasteiger partial charge in [0.1, 0.15) is 5.76 Å². The zero-order chi connectivity index (χ0) is 17.4. The van der Waals surface area contributed by atoms with Gasteiger partial charge in [-0.15, -0.1) is 0 Å². The molecule has 0 radical (unpaired) electrons. The van der Waals surface area contributed by atoms with Gasteiger partial charge in [-0.3, -0.25) is 4.79 Å². The number of nitrogens with zero attached hydrogens (tertiary/aromatic N) is 2. The van der Waals surface area contributed by atoms with Gasteiger partial charge in [-0.1, -0.05) is 36.6 Å². The third kappa shape index (κ3) is 5.84. The molecule has 0 saturated carbocycles. The van der Waals surface area contributed by atoms with E-state index in [1.54, 1.807) is 19.0 Å². The van der Waals surface area contributed by atoms with E-state index in [2.05, 4.69) is 17.3 Å². The highest BCUT2D eigenvalue weighted by atomic mass is 16.5. The number of hydrogen-bond donors (Lipinski definition) is 0. The molecule has 130 valence electrons. The molecule has 1 aromatic carbocycles. The maximum atomic E-state index is 11.8. The molecule has 0 fully saturated rings. The van der Waals surface area contributed by atoms with Crippen LogP contribution in [0.3, 0.4) is 0 Å². The molecule has 1 amide bonds. The molecular formula is C20H28N2O2. The lowest BCUT2D eigenvalue weighted by Crippen LogP contribution is -2.21. The fraction of sp³-hybridized carbons (Fsp3) is 0.500. The number of amides is 1. The summed E-state index contributed by atoms with van der Waals surface area (Å²) in [4.78, 5) is 13.4. The summed E-state index contributed by atoms with van der Waals surface area (Å²) < 4.78 is 5.21. The van der Waals surface area contributed by atoms with Crippen LogP contribution < -0.4 is 0 Å². The van der Waals surface area contributed by atoms with Crippen LogP contribution in [0.4, 0.5) is 0 Å². The van der Waals surface area contributed by atoms with Gasteiger partial charge in [0.25, 0.3) is 5.91 Å². The van der Waals surface area contributed by atoms with E-state index >= 15 is 0 Å². The van der Waals surface area contributed by atoms with Crippen molar-refractivity contribution in [1.29, 1.82) is 0 Å². The van der Waals surface area contributed by atoms with Crippen molar-refractivity contribution in [3.05, 3.63) is 52.9 Å². The van der Waals surface area contributed by atoms with Crippen LogP contribution in [0.5, 0.6) is 0 Å². The largest absolute Gasteiger partial charge is 0.361 e. The Kier molecular flexibility index (Phi) is 7.04. The van der Waals surface area contributed by atoms with Crippen LogP contribution in [-0.2, 0) is 12.8 Å². The van der Waals surface area contributed by atoms with Gasteiger partial charge in [0.05, 0.1) is 5.69 Å². The Labute approximate surface area is 144 Å².